The number of allylic oxidation sites excluding steroid dienone is 7. The first-order chi connectivity index (χ1) is 9.57. The lowest BCUT2D eigenvalue weighted by Gasteiger charge is -1.99. The standard InChI is InChI=1S/C15H21NO4/c1-2-3-4-5-6-7-8-9-10-11-12-14(16(19)20)13-15(17)18/h3-4,6-7,9-12,14H,2,5,8,13H2,1H3,(H,17,18)/b4-3?,7-6?,10-9-,12-11+. The summed E-state index contributed by atoms with van der Waals surface area (Å²) in [7, 11) is 0. The topological polar surface area (TPSA) is 80.4 Å². The highest BCUT2D eigenvalue weighted by atomic mass is 16.6. The van der Waals surface area contributed by atoms with Gasteiger partial charge in [0.15, 0.2) is 0 Å². The molecule has 0 aromatic carbocycles. The van der Waals surface area contributed by atoms with Crippen molar-refractivity contribution in [2.75, 3.05) is 0 Å². The molecule has 0 amide bonds. The van der Waals surface area contributed by atoms with Crippen molar-refractivity contribution >= 4 is 5.97 Å². The Labute approximate surface area is 119 Å². The number of carboxylic acids is 1. The molecule has 110 valence electrons. The van der Waals surface area contributed by atoms with Crippen LogP contribution in [0.4, 0.5) is 0 Å². The molecule has 5 nitrogen and oxygen atoms in total. The molecule has 20 heavy (non-hydrogen) atoms. The van der Waals surface area contributed by atoms with Gasteiger partial charge in [-0.2, -0.15) is 0 Å². The number of carbonyl (C=O) groups is 1. The van der Waals surface area contributed by atoms with Gasteiger partial charge in [-0.1, -0.05) is 49.5 Å². The summed E-state index contributed by atoms with van der Waals surface area (Å²) in [6.45, 7) is 2.08. The monoisotopic (exact) mass is 279 g/mol. The molecule has 0 radical (unpaired) electrons. The fourth-order valence-corrected chi connectivity index (χ4v) is 1.35. The minimum Gasteiger partial charge on any atom is -0.481 e. The van der Waals surface area contributed by atoms with Crippen molar-refractivity contribution in [3.05, 3.63) is 58.7 Å². The maximum absolute atomic E-state index is 10.6. The third kappa shape index (κ3) is 11.0. The van der Waals surface area contributed by atoms with Gasteiger partial charge in [-0.3, -0.25) is 14.9 Å². The Morgan fingerprint density at radius 1 is 1.15 bits per heavy atom. The second kappa shape index (κ2) is 11.9. The largest absolute Gasteiger partial charge is 0.481 e. The van der Waals surface area contributed by atoms with E-state index in [9.17, 15) is 14.9 Å². The van der Waals surface area contributed by atoms with Gasteiger partial charge in [0.1, 0.15) is 6.42 Å². The molecular weight excluding hydrogens is 258 g/mol. The summed E-state index contributed by atoms with van der Waals surface area (Å²) < 4.78 is 0. The molecule has 0 saturated carbocycles. The zero-order chi connectivity index (χ0) is 15.2. The van der Waals surface area contributed by atoms with E-state index in [2.05, 4.69) is 19.1 Å². The minimum absolute atomic E-state index is 0.499. The number of rotatable bonds is 10. The van der Waals surface area contributed by atoms with E-state index in [1.165, 1.54) is 12.2 Å². The second-order valence-electron chi connectivity index (χ2n) is 4.09. The normalized spacial score (nSPS) is 13.8. The minimum atomic E-state index is -1.18. The van der Waals surface area contributed by atoms with Crippen LogP contribution in [0.15, 0.2) is 48.6 Å². The molecule has 0 aromatic heterocycles. The molecule has 0 bridgehead atoms. The molecule has 0 rings (SSSR count). The third-order valence-corrected chi connectivity index (χ3v) is 2.35. The highest BCUT2D eigenvalue weighted by Crippen LogP contribution is 2.00. The van der Waals surface area contributed by atoms with Crippen LogP contribution in [0.2, 0.25) is 0 Å². The maximum Gasteiger partial charge on any atom is 0.310 e. The van der Waals surface area contributed by atoms with Gasteiger partial charge >= 0.3 is 5.97 Å². The van der Waals surface area contributed by atoms with Gasteiger partial charge in [-0.05, 0) is 25.3 Å². The zero-order valence-corrected chi connectivity index (χ0v) is 11.6. The molecular formula is C15H21NO4. The van der Waals surface area contributed by atoms with Crippen LogP contribution in [0.25, 0.3) is 0 Å². The van der Waals surface area contributed by atoms with E-state index in [1.807, 2.05) is 18.2 Å². The van der Waals surface area contributed by atoms with Crippen molar-refractivity contribution < 1.29 is 14.8 Å². The summed E-state index contributed by atoms with van der Waals surface area (Å²) in [6, 6.07) is -1.17. The summed E-state index contributed by atoms with van der Waals surface area (Å²) in [5, 5.41) is 19.1. The predicted octanol–water partition coefficient (Wildman–Crippen LogP) is 3.52. The maximum atomic E-state index is 10.6. The molecule has 1 atom stereocenters. The molecule has 0 aromatic rings. The van der Waals surface area contributed by atoms with E-state index < -0.39 is 23.4 Å². The molecule has 0 aliphatic carbocycles. The van der Waals surface area contributed by atoms with E-state index in [4.69, 9.17) is 5.11 Å². The zero-order valence-electron chi connectivity index (χ0n) is 11.6. The number of hydrogen-bond donors (Lipinski definition) is 1. The van der Waals surface area contributed by atoms with E-state index in [1.54, 1.807) is 6.08 Å². The Morgan fingerprint density at radius 2 is 1.75 bits per heavy atom. The fourth-order valence-electron chi connectivity index (χ4n) is 1.35. The van der Waals surface area contributed by atoms with Gasteiger partial charge in [0.2, 0.25) is 6.04 Å². The Morgan fingerprint density at radius 3 is 2.30 bits per heavy atom. The van der Waals surface area contributed by atoms with Crippen molar-refractivity contribution in [1.29, 1.82) is 0 Å². The molecule has 0 spiro atoms. The van der Waals surface area contributed by atoms with Gasteiger partial charge in [0.05, 0.1) is 0 Å². The van der Waals surface area contributed by atoms with Crippen LogP contribution >= 0.6 is 0 Å². The van der Waals surface area contributed by atoms with E-state index in [0.29, 0.717) is 0 Å². The number of hydrogen-bond acceptors (Lipinski definition) is 3. The summed E-state index contributed by atoms with van der Waals surface area (Å²) in [6.07, 6.45) is 16.8. The Balaban J connectivity index is 4.02. The number of nitro groups is 1. The fraction of sp³-hybridized carbons (Fsp3) is 0.400. The lowest BCUT2D eigenvalue weighted by atomic mass is 10.2. The molecule has 0 aliphatic rings. The molecule has 1 N–H and O–H groups in total. The highest BCUT2D eigenvalue weighted by molar-refractivity contribution is 5.67. The van der Waals surface area contributed by atoms with Crippen LogP contribution in [-0.4, -0.2) is 22.0 Å². The van der Waals surface area contributed by atoms with E-state index in [0.717, 1.165) is 19.3 Å². The van der Waals surface area contributed by atoms with E-state index >= 15 is 0 Å². The SMILES string of the molecule is CCC=CCC=CC/C=C\C=C\C(CC(=O)O)[N+](=O)[O-]. The van der Waals surface area contributed by atoms with Gasteiger partial charge in [-0.15, -0.1) is 0 Å². The van der Waals surface area contributed by atoms with Gasteiger partial charge in [0.25, 0.3) is 0 Å². The molecule has 0 aliphatic heterocycles. The lowest BCUT2D eigenvalue weighted by Crippen LogP contribution is -2.20. The summed E-state index contributed by atoms with van der Waals surface area (Å²) in [5.41, 5.74) is 0. The summed E-state index contributed by atoms with van der Waals surface area (Å²) >= 11 is 0. The van der Waals surface area contributed by atoms with Crippen molar-refractivity contribution in [3.8, 4) is 0 Å². The molecule has 0 saturated heterocycles. The van der Waals surface area contributed by atoms with Crippen LogP contribution in [-0.2, 0) is 4.79 Å². The van der Waals surface area contributed by atoms with Gasteiger partial charge < -0.3 is 5.11 Å². The average Bonchev–Trinajstić information content (AvgIpc) is 2.39. The van der Waals surface area contributed by atoms with Crippen LogP contribution in [0.1, 0.15) is 32.6 Å². The first-order valence-corrected chi connectivity index (χ1v) is 6.56. The Hall–Kier alpha value is -2.17. The van der Waals surface area contributed by atoms with Gasteiger partial charge in [0, 0.05) is 4.92 Å². The van der Waals surface area contributed by atoms with Crippen LogP contribution in [0, 0.1) is 10.1 Å². The second-order valence-corrected chi connectivity index (χ2v) is 4.09. The number of nitrogens with zero attached hydrogens (tertiary/aromatic N) is 1. The molecule has 1 unspecified atom stereocenters. The van der Waals surface area contributed by atoms with Crippen LogP contribution in [0.3, 0.4) is 0 Å². The summed E-state index contributed by atoms with van der Waals surface area (Å²) in [4.78, 5) is 20.4. The van der Waals surface area contributed by atoms with Crippen LogP contribution < -0.4 is 0 Å². The quantitative estimate of drug-likeness (QED) is 0.287. The van der Waals surface area contributed by atoms with Crippen molar-refractivity contribution in [3.63, 3.8) is 0 Å². The van der Waals surface area contributed by atoms with Crippen molar-refractivity contribution in [2.24, 2.45) is 0 Å². The first-order valence-electron chi connectivity index (χ1n) is 6.56. The average molecular weight is 279 g/mol. The number of carboxylic acid groups (broad SMARTS) is 1. The molecule has 5 heteroatoms. The van der Waals surface area contributed by atoms with Crippen molar-refractivity contribution in [2.45, 2.75) is 38.6 Å². The van der Waals surface area contributed by atoms with Crippen LogP contribution in [0.5, 0.6) is 0 Å². The van der Waals surface area contributed by atoms with Crippen molar-refractivity contribution in [1.82, 2.24) is 0 Å². The van der Waals surface area contributed by atoms with Gasteiger partial charge in [-0.25, -0.2) is 0 Å². The highest BCUT2D eigenvalue weighted by Gasteiger charge is 2.19. The Bertz CT molecular complexity index is 408. The smallest absolute Gasteiger partial charge is 0.310 e. The summed E-state index contributed by atoms with van der Waals surface area (Å²) in [5.74, 6) is -1.18. The lowest BCUT2D eigenvalue weighted by molar-refractivity contribution is -0.508. The predicted molar refractivity (Wildman–Crippen MR) is 79.1 cm³/mol. The third-order valence-electron chi connectivity index (χ3n) is 2.35. The van der Waals surface area contributed by atoms with E-state index in [-0.39, 0.29) is 0 Å². The Kier molecular flexibility index (Phi) is 10.6. The molecule has 0 heterocycles. The first kappa shape index (κ1) is 17.8. The molecule has 0 fully saturated rings. The number of aliphatic carboxylic acids is 1.